The molecule has 0 atom stereocenters. The molecule has 0 saturated heterocycles. The number of pyridine rings is 1. The summed E-state index contributed by atoms with van der Waals surface area (Å²) in [6.07, 6.45) is 13.0. The van der Waals surface area contributed by atoms with Crippen molar-refractivity contribution in [3.8, 4) is 11.5 Å². The number of nitrogens with zero attached hydrogens (tertiary/aromatic N) is 2. The number of allylic oxidation sites excluding steroid dienone is 1. The zero-order valence-corrected chi connectivity index (χ0v) is 20.9. The second-order valence-corrected chi connectivity index (χ2v) is 8.53. The first-order valence-corrected chi connectivity index (χ1v) is 12.3. The van der Waals surface area contributed by atoms with Gasteiger partial charge in [-0.2, -0.15) is 0 Å². The molecule has 35 heavy (non-hydrogen) atoms. The fourth-order valence-corrected chi connectivity index (χ4v) is 4.06. The quantitative estimate of drug-likeness (QED) is 0.196. The normalized spacial score (nSPS) is 10.5. The van der Waals surface area contributed by atoms with Crippen molar-refractivity contribution in [1.29, 1.82) is 0 Å². The van der Waals surface area contributed by atoms with Crippen molar-refractivity contribution in [2.24, 2.45) is 0 Å². The van der Waals surface area contributed by atoms with Crippen molar-refractivity contribution >= 4 is 12.0 Å². The van der Waals surface area contributed by atoms with E-state index in [2.05, 4.69) is 41.4 Å². The number of aryl methyl sites for hydroxylation is 1. The minimum atomic E-state index is 0.796. The molecule has 0 radical (unpaired) electrons. The number of methoxy groups -OCH3 is 2. The zero-order valence-electron chi connectivity index (χ0n) is 20.9. The maximum absolute atomic E-state index is 11.5. The van der Waals surface area contributed by atoms with Gasteiger partial charge >= 0.3 is 0 Å². The highest BCUT2D eigenvalue weighted by Crippen LogP contribution is 2.27. The predicted molar refractivity (Wildman–Crippen MR) is 142 cm³/mol. The lowest BCUT2D eigenvalue weighted by Gasteiger charge is -2.17. The highest BCUT2D eigenvalue weighted by atomic mass is 16.5. The summed E-state index contributed by atoms with van der Waals surface area (Å²) in [5.41, 5.74) is 4.75. The Balaban J connectivity index is 1.50. The SMILES string of the molecule is COc1ccc(C(=CCCCCN(C=O)CCCCc2cccnc2)c2ccc(OC)cc2)cc1. The van der Waals surface area contributed by atoms with Crippen LogP contribution in [0.3, 0.4) is 0 Å². The third-order valence-electron chi connectivity index (χ3n) is 6.08. The van der Waals surface area contributed by atoms with Crippen molar-refractivity contribution < 1.29 is 14.3 Å². The minimum Gasteiger partial charge on any atom is -0.497 e. The third kappa shape index (κ3) is 8.60. The topological polar surface area (TPSA) is 51.7 Å². The standard InChI is InChI=1S/C30H36N2O3/c1-34-28-16-12-26(13-17-28)30(27-14-18-29(35-2)19-15-27)11-4-3-6-21-32(24-33)22-7-5-9-25-10-8-20-31-23-25/h8,10-20,23-24H,3-7,9,21-22H2,1-2H3. The number of rotatable bonds is 15. The lowest BCUT2D eigenvalue weighted by atomic mass is 9.96. The van der Waals surface area contributed by atoms with Gasteiger partial charge in [0.1, 0.15) is 11.5 Å². The van der Waals surface area contributed by atoms with E-state index in [1.54, 1.807) is 20.4 Å². The molecule has 0 unspecified atom stereocenters. The van der Waals surface area contributed by atoms with Crippen LogP contribution >= 0.6 is 0 Å². The molecule has 0 aliphatic carbocycles. The van der Waals surface area contributed by atoms with Crippen LogP contribution in [0.5, 0.6) is 11.5 Å². The molecule has 0 aliphatic heterocycles. The summed E-state index contributed by atoms with van der Waals surface area (Å²) in [5.74, 6) is 1.69. The first-order valence-electron chi connectivity index (χ1n) is 12.3. The van der Waals surface area contributed by atoms with E-state index in [0.29, 0.717) is 0 Å². The van der Waals surface area contributed by atoms with Gasteiger partial charge in [0.25, 0.3) is 0 Å². The Morgan fingerprint density at radius 1 is 0.829 bits per heavy atom. The third-order valence-corrected chi connectivity index (χ3v) is 6.08. The van der Waals surface area contributed by atoms with Gasteiger partial charge in [-0.25, -0.2) is 0 Å². The average molecular weight is 473 g/mol. The van der Waals surface area contributed by atoms with E-state index >= 15 is 0 Å². The Bertz CT molecular complexity index is 982. The summed E-state index contributed by atoms with van der Waals surface area (Å²) in [4.78, 5) is 17.6. The van der Waals surface area contributed by atoms with Crippen LogP contribution in [0.4, 0.5) is 0 Å². The van der Waals surface area contributed by atoms with E-state index in [1.807, 2.05) is 41.4 Å². The fraction of sp³-hybridized carbons (Fsp3) is 0.333. The molecule has 1 heterocycles. The van der Waals surface area contributed by atoms with Crippen molar-refractivity contribution in [3.63, 3.8) is 0 Å². The number of benzene rings is 2. The number of aromatic nitrogens is 1. The lowest BCUT2D eigenvalue weighted by molar-refractivity contribution is -0.118. The first kappa shape index (κ1) is 26.0. The Morgan fingerprint density at radius 2 is 1.43 bits per heavy atom. The largest absolute Gasteiger partial charge is 0.497 e. The number of hydrogen-bond acceptors (Lipinski definition) is 4. The molecule has 3 aromatic rings. The van der Waals surface area contributed by atoms with Crippen molar-refractivity contribution in [2.75, 3.05) is 27.3 Å². The number of amides is 1. The Hall–Kier alpha value is -3.60. The summed E-state index contributed by atoms with van der Waals surface area (Å²) in [5, 5.41) is 0. The van der Waals surface area contributed by atoms with Crippen molar-refractivity contribution in [3.05, 3.63) is 95.8 Å². The smallest absolute Gasteiger partial charge is 0.209 e. The van der Waals surface area contributed by atoms with Crippen molar-refractivity contribution in [2.45, 2.75) is 38.5 Å². The highest BCUT2D eigenvalue weighted by molar-refractivity contribution is 5.80. The van der Waals surface area contributed by atoms with Gasteiger partial charge in [-0.3, -0.25) is 9.78 Å². The van der Waals surface area contributed by atoms with Gasteiger partial charge in [0.2, 0.25) is 6.41 Å². The van der Waals surface area contributed by atoms with Crippen LogP contribution in [0, 0.1) is 0 Å². The molecule has 1 aromatic heterocycles. The van der Waals surface area contributed by atoms with E-state index in [0.717, 1.165) is 80.7 Å². The molecule has 5 nitrogen and oxygen atoms in total. The van der Waals surface area contributed by atoms with E-state index in [-0.39, 0.29) is 0 Å². The molecule has 2 aromatic carbocycles. The van der Waals surface area contributed by atoms with E-state index < -0.39 is 0 Å². The van der Waals surface area contributed by atoms with Gasteiger partial charge in [0.15, 0.2) is 0 Å². The molecule has 5 heteroatoms. The minimum absolute atomic E-state index is 0.796. The van der Waals surface area contributed by atoms with Crippen LogP contribution in [0.15, 0.2) is 79.1 Å². The molecule has 0 saturated carbocycles. The van der Waals surface area contributed by atoms with Gasteiger partial charge < -0.3 is 14.4 Å². The number of hydrogen-bond donors (Lipinski definition) is 0. The molecule has 1 amide bonds. The molecule has 3 rings (SSSR count). The van der Waals surface area contributed by atoms with E-state index in [4.69, 9.17) is 9.47 Å². The zero-order chi connectivity index (χ0) is 24.7. The summed E-state index contributed by atoms with van der Waals surface area (Å²) >= 11 is 0. The first-order chi connectivity index (χ1) is 17.2. The van der Waals surface area contributed by atoms with Crippen LogP contribution < -0.4 is 9.47 Å². The molecule has 0 N–H and O–H groups in total. The summed E-state index contributed by atoms with van der Waals surface area (Å²) < 4.78 is 10.6. The Morgan fingerprint density at radius 3 is 1.94 bits per heavy atom. The van der Waals surface area contributed by atoms with Crippen LogP contribution in [0.25, 0.3) is 5.57 Å². The maximum atomic E-state index is 11.5. The molecule has 0 spiro atoms. The summed E-state index contributed by atoms with van der Waals surface area (Å²) in [6.45, 7) is 1.60. The number of carbonyl (C=O) groups is 1. The molecule has 184 valence electrons. The lowest BCUT2D eigenvalue weighted by Crippen LogP contribution is -2.24. The monoisotopic (exact) mass is 472 g/mol. The van der Waals surface area contributed by atoms with Gasteiger partial charge in [-0.05, 0) is 91.1 Å². The summed E-state index contributed by atoms with van der Waals surface area (Å²) in [7, 11) is 3.36. The Labute approximate surface area is 209 Å². The number of ether oxygens (including phenoxy) is 2. The molecular formula is C30H36N2O3. The second kappa shape index (κ2) is 14.6. The predicted octanol–water partition coefficient (Wildman–Crippen LogP) is 6.18. The fourth-order valence-electron chi connectivity index (χ4n) is 4.06. The van der Waals surface area contributed by atoms with Gasteiger partial charge in [-0.15, -0.1) is 0 Å². The van der Waals surface area contributed by atoms with Crippen LogP contribution in [-0.4, -0.2) is 43.6 Å². The average Bonchev–Trinajstić information content (AvgIpc) is 2.92. The molecular weight excluding hydrogens is 436 g/mol. The maximum Gasteiger partial charge on any atom is 0.209 e. The molecule has 0 fully saturated rings. The van der Waals surface area contributed by atoms with Crippen molar-refractivity contribution in [1.82, 2.24) is 9.88 Å². The van der Waals surface area contributed by atoms with Crippen LogP contribution in [0.1, 0.15) is 48.8 Å². The molecule has 0 aliphatic rings. The second-order valence-electron chi connectivity index (χ2n) is 8.53. The van der Waals surface area contributed by atoms with Crippen LogP contribution in [0.2, 0.25) is 0 Å². The van der Waals surface area contributed by atoms with Gasteiger partial charge in [0.05, 0.1) is 14.2 Å². The number of carbonyl (C=O) groups excluding carboxylic acids is 1. The van der Waals surface area contributed by atoms with Crippen LogP contribution in [-0.2, 0) is 11.2 Å². The number of unbranched alkanes of at least 4 members (excludes halogenated alkanes) is 3. The van der Waals surface area contributed by atoms with E-state index in [9.17, 15) is 4.79 Å². The Kier molecular flexibility index (Phi) is 10.9. The van der Waals surface area contributed by atoms with E-state index in [1.165, 1.54) is 11.1 Å². The van der Waals surface area contributed by atoms with Gasteiger partial charge in [0, 0.05) is 25.5 Å². The highest BCUT2D eigenvalue weighted by Gasteiger charge is 2.07. The molecule has 0 bridgehead atoms. The van der Waals surface area contributed by atoms with Gasteiger partial charge in [-0.1, -0.05) is 36.4 Å². The summed E-state index contributed by atoms with van der Waals surface area (Å²) in [6, 6.07) is 20.4.